The summed E-state index contributed by atoms with van der Waals surface area (Å²) in [6, 6.07) is 7.68. The third-order valence-electron chi connectivity index (χ3n) is 5.89. The first-order valence-corrected chi connectivity index (χ1v) is 9.94. The Morgan fingerprint density at radius 3 is 2.48 bits per heavy atom. The van der Waals surface area contributed by atoms with E-state index in [0.29, 0.717) is 17.7 Å². The summed E-state index contributed by atoms with van der Waals surface area (Å²) in [5.74, 6) is -3.53. The lowest BCUT2D eigenvalue weighted by Gasteiger charge is -2.40. The number of nitrogens with zero attached hydrogens (tertiary/aromatic N) is 1. The van der Waals surface area contributed by atoms with E-state index >= 15 is 0 Å². The summed E-state index contributed by atoms with van der Waals surface area (Å²) in [7, 11) is 1.29. The zero-order chi connectivity index (χ0) is 21.3. The second-order valence-electron chi connectivity index (χ2n) is 7.72. The summed E-state index contributed by atoms with van der Waals surface area (Å²) >= 11 is 0. The van der Waals surface area contributed by atoms with Gasteiger partial charge in [0, 0.05) is 17.3 Å². The molecule has 0 spiro atoms. The molecular weight excluding hydrogens is 370 g/mol. The van der Waals surface area contributed by atoms with Gasteiger partial charge in [0.05, 0.1) is 25.2 Å². The van der Waals surface area contributed by atoms with E-state index in [1.807, 2.05) is 38.1 Å². The SMILES string of the molecule is CCOC(=O)C1=C(C)N=C2C[C@@H](C)[C@@H](C(=O)OC)C(=O)[C@H]2[C@H]1c1ccccc1C. The number of allylic oxidation sites excluding steroid dienone is 1. The van der Waals surface area contributed by atoms with Crippen molar-refractivity contribution in [3.63, 3.8) is 0 Å². The van der Waals surface area contributed by atoms with Crippen LogP contribution in [0.2, 0.25) is 0 Å². The summed E-state index contributed by atoms with van der Waals surface area (Å²) < 4.78 is 10.2. The lowest BCUT2D eigenvalue weighted by atomic mass is 9.63. The minimum Gasteiger partial charge on any atom is -0.468 e. The van der Waals surface area contributed by atoms with E-state index in [9.17, 15) is 14.4 Å². The maximum Gasteiger partial charge on any atom is 0.336 e. The molecular formula is C23H27NO5. The van der Waals surface area contributed by atoms with E-state index in [-0.39, 0.29) is 18.3 Å². The van der Waals surface area contributed by atoms with Crippen LogP contribution >= 0.6 is 0 Å². The highest BCUT2D eigenvalue weighted by atomic mass is 16.5. The van der Waals surface area contributed by atoms with Crippen molar-refractivity contribution in [2.75, 3.05) is 13.7 Å². The molecule has 6 nitrogen and oxygen atoms in total. The molecule has 2 aliphatic rings. The van der Waals surface area contributed by atoms with Crippen LogP contribution < -0.4 is 0 Å². The largest absolute Gasteiger partial charge is 0.468 e. The monoisotopic (exact) mass is 397 g/mol. The van der Waals surface area contributed by atoms with Crippen LogP contribution in [-0.2, 0) is 23.9 Å². The second-order valence-corrected chi connectivity index (χ2v) is 7.72. The van der Waals surface area contributed by atoms with E-state index in [4.69, 9.17) is 9.47 Å². The second kappa shape index (κ2) is 8.31. The molecule has 3 rings (SSSR count). The number of aliphatic imine (C=N–C) groups is 1. The summed E-state index contributed by atoms with van der Waals surface area (Å²) in [4.78, 5) is 43.4. The Labute approximate surface area is 171 Å². The zero-order valence-corrected chi connectivity index (χ0v) is 17.5. The molecule has 1 fully saturated rings. The predicted octanol–water partition coefficient (Wildman–Crippen LogP) is 3.38. The number of Topliss-reactive ketones (excluding diaryl/α,β-unsaturated/α-hetero) is 1. The van der Waals surface area contributed by atoms with Crippen molar-refractivity contribution in [2.45, 2.75) is 40.0 Å². The number of ketones is 1. The van der Waals surface area contributed by atoms with Crippen molar-refractivity contribution in [1.82, 2.24) is 0 Å². The van der Waals surface area contributed by atoms with Crippen LogP contribution in [0.25, 0.3) is 0 Å². The molecule has 1 saturated carbocycles. The first kappa shape index (κ1) is 21.0. The van der Waals surface area contributed by atoms with Gasteiger partial charge in [-0.2, -0.15) is 0 Å². The van der Waals surface area contributed by atoms with Crippen molar-refractivity contribution < 1.29 is 23.9 Å². The fourth-order valence-electron chi connectivity index (χ4n) is 4.58. The molecule has 1 heterocycles. The quantitative estimate of drug-likeness (QED) is 0.575. The van der Waals surface area contributed by atoms with Gasteiger partial charge in [-0.1, -0.05) is 31.2 Å². The molecule has 1 aromatic rings. The van der Waals surface area contributed by atoms with Gasteiger partial charge in [0.25, 0.3) is 0 Å². The summed E-state index contributed by atoms with van der Waals surface area (Å²) in [6.45, 7) is 7.57. The van der Waals surface area contributed by atoms with Crippen LogP contribution in [-0.4, -0.2) is 37.2 Å². The van der Waals surface area contributed by atoms with Crippen molar-refractivity contribution in [3.8, 4) is 0 Å². The van der Waals surface area contributed by atoms with E-state index in [2.05, 4.69) is 4.99 Å². The van der Waals surface area contributed by atoms with Crippen LogP contribution in [0.3, 0.4) is 0 Å². The highest BCUT2D eigenvalue weighted by Crippen LogP contribution is 2.46. The number of fused-ring (bicyclic) bond motifs is 1. The number of carbonyl (C=O) groups excluding carboxylic acids is 3. The van der Waals surface area contributed by atoms with Gasteiger partial charge in [0.15, 0.2) is 5.78 Å². The fraction of sp³-hybridized carbons (Fsp3) is 0.478. The van der Waals surface area contributed by atoms with Gasteiger partial charge in [-0.05, 0) is 44.2 Å². The number of ether oxygens (including phenoxy) is 2. The number of hydrogen-bond acceptors (Lipinski definition) is 6. The van der Waals surface area contributed by atoms with Gasteiger partial charge >= 0.3 is 11.9 Å². The average Bonchev–Trinajstić information content (AvgIpc) is 2.67. The molecule has 1 aliphatic carbocycles. The average molecular weight is 397 g/mol. The van der Waals surface area contributed by atoms with Crippen molar-refractivity contribution in [2.24, 2.45) is 22.7 Å². The van der Waals surface area contributed by atoms with Crippen LogP contribution in [0.5, 0.6) is 0 Å². The lowest BCUT2D eigenvalue weighted by Crippen LogP contribution is -2.48. The molecule has 0 aromatic heterocycles. The maximum atomic E-state index is 13.5. The van der Waals surface area contributed by atoms with Crippen molar-refractivity contribution in [3.05, 3.63) is 46.7 Å². The molecule has 0 bridgehead atoms. The summed E-state index contributed by atoms with van der Waals surface area (Å²) in [5.41, 5.74) is 3.52. The van der Waals surface area contributed by atoms with Crippen LogP contribution in [0.4, 0.5) is 0 Å². The van der Waals surface area contributed by atoms with E-state index in [1.165, 1.54) is 7.11 Å². The highest BCUT2D eigenvalue weighted by molar-refractivity contribution is 6.17. The zero-order valence-electron chi connectivity index (χ0n) is 17.5. The summed E-state index contributed by atoms with van der Waals surface area (Å²) in [5, 5.41) is 0. The molecule has 4 atom stereocenters. The molecule has 6 heteroatoms. The van der Waals surface area contributed by atoms with Gasteiger partial charge < -0.3 is 9.47 Å². The van der Waals surface area contributed by atoms with Crippen LogP contribution in [0, 0.1) is 24.7 Å². The third-order valence-corrected chi connectivity index (χ3v) is 5.89. The highest BCUT2D eigenvalue weighted by Gasteiger charge is 2.51. The van der Waals surface area contributed by atoms with Gasteiger partial charge in [-0.15, -0.1) is 0 Å². The molecule has 0 radical (unpaired) electrons. The van der Waals surface area contributed by atoms with Crippen molar-refractivity contribution >= 4 is 23.4 Å². The van der Waals surface area contributed by atoms with Gasteiger partial charge in [0.2, 0.25) is 0 Å². The lowest BCUT2D eigenvalue weighted by molar-refractivity contribution is -0.152. The predicted molar refractivity (Wildman–Crippen MR) is 108 cm³/mol. The standard InChI is InChI=1S/C23H27NO5/c1-6-29-23(27)18-14(4)24-16-11-13(3)17(22(26)28-5)21(25)20(16)19(18)15-10-8-7-9-12(15)2/h7-10,13,17,19-20H,6,11H2,1-5H3/t13-,17-,19+,20-/m1/s1. The molecule has 0 amide bonds. The Morgan fingerprint density at radius 2 is 1.86 bits per heavy atom. The Bertz CT molecular complexity index is 914. The van der Waals surface area contributed by atoms with E-state index < -0.39 is 29.7 Å². The number of aryl methyl sites for hydroxylation is 1. The van der Waals surface area contributed by atoms with Gasteiger partial charge in [-0.25, -0.2) is 4.79 Å². The van der Waals surface area contributed by atoms with Gasteiger partial charge in [-0.3, -0.25) is 14.6 Å². The molecule has 154 valence electrons. The fourth-order valence-corrected chi connectivity index (χ4v) is 4.58. The van der Waals surface area contributed by atoms with E-state index in [0.717, 1.165) is 16.8 Å². The number of hydrogen-bond donors (Lipinski definition) is 0. The molecule has 29 heavy (non-hydrogen) atoms. The molecule has 0 unspecified atom stereocenters. The van der Waals surface area contributed by atoms with Crippen LogP contribution in [0.1, 0.15) is 44.2 Å². The first-order chi connectivity index (χ1) is 13.8. The van der Waals surface area contributed by atoms with E-state index in [1.54, 1.807) is 13.8 Å². The number of carbonyl (C=O) groups is 3. The number of esters is 2. The molecule has 0 saturated heterocycles. The number of rotatable bonds is 4. The smallest absolute Gasteiger partial charge is 0.336 e. The summed E-state index contributed by atoms with van der Waals surface area (Å²) in [6.07, 6.45) is 0.506. The molecule has 1 aromatic carbocycles. The minimum atomic E-state index is -0.864. The normalized spacial score (nSPS) is 26.5. The van der Waals surface area contributed by atoms with Crippen molar-refractivity contribution in [1.29, 1.82) is 0 Å². The minimum absolute atomic E-state index is 0.209. The van der Waals surface area contributed by atoms with Crippen LogP contribution in [0.15, 0.2) is 40.5 Å². The Kier molecular flexibility index (Phi) is 6.01. The van der Waals surface area contributed by atoms with Gasteiger partial charge in [0.1, 0.15) is 5.92 Å². The topological polar surface area (TPSA) is 82.0 Å². The number of benzene rings is 1. The molecule has 1 aliphatic heterocycles. The Hall–Kier alpha value is -2.76. The third kappa shape index (κ3) is 3.63. The molecule has 0 N–H and O–H groups in total. The maximum absolute atomic E-state index is 13.5. The first-order valence-electron chi connectivity index (χ1n) is 9.94. The Balaban J connectivity index is 2.20. The Morgan fingerprint density at radius 1 is 1.17 bits per heavy atom. The number of methoxy groups -OCH3 is 1.